The average molecular weight is 412 g/mol. The van der Waals surface area contributed by atoms with Crippen LogP contribution in [0.25, 0.3) is 0 Å². The number of hydrogen-bond acceptors (Lipinski definition) is 8. The van der Waals surface area contributed by atoms with Gasteiger partial charge < -0.3 is 30.4 Å². The van der Waals surface area contributed by atoms with Gasteiger partial charge in [0, 0.05) is 11.1 Å². The highest BCUT2D eigenvalue weighted by molar-refractivity contribution is 6.39. The van der Waals surface area contributed by atoms with E-state index in [9.17, 15) is 0 Å². The minimum Gasteiger partial charge on any atom is -0.493 e. The predicted octanol–water partition coefficient (Wildman–Crippen LogP) is 1.80. The van der Waals surface area contributed by atoms with Gasteiger partial charge in [-0.25, -0.2) is 0 Å². The lowest BCUT2D eigenvalue weighted by Gasteiger charge is -2.09. The molecule has 0 aliphatic rings. The first-order chi connectivity index (χ1) is 14.5. The van der Waals surface area contributed by atoms with Crippen molar-refractivity contribution in [2.75, 3.05) is 28.4 Å². The lowest BCUT2D eigenvalue weighted by molar-refractivity contribution is 0.354. The van der Waals surface area contributed by atoms with Crippen LogP contribution in [0, 0.1) is 0 Å². The molecule has 10 nitrogen and oxygen atoms in total. The SMILES string of the molecule is COc1cccc(C=N/N=C(N)\C(N)=N/N=Cc2cccc(OC)c2OC)c1OC. The maximum atomic E-state index is 5.80. The zero-order valence-corrected chi connectivity index (χ0v) is 17.2. The number of nitrogens with zero attached hydrogens (tertiary/aromatic N) is 4. The van der Waals surface area contributed by atoms with Crippen LogP contribution >= 0.6 is 0 Å². The highest BCUT2D eigenvalue weighted by Crippen LogP contribution is 2.30. The Morgan fingerprint density at radius 1 is 0.667 bits per heavy atom. The van der Waals surface area contributed by atoms with E-state index in [1.54, 1.807) is 50.6 Å². The summed E-state index contributed by atoms with van der Waals surface area (Å²) in [6.45, 7) is 0. The molecule has 0 saturated heterocycles. The summed E-state index contributed by atoms with van der Waals surface area (Å²) in [4.78, 5) is 0. The van der Waals surface area contributed by atoms with Gasteiger partial charge in [0.05, 0.1) is 40.9 Å². The van der Waals surface area contributed by atoms with Crippen LogP contribution in [-0.4, -0.2) is 52.5 Å². The number of rotatable bonds is 8. The predicted molar refractivity (Wildman–Crippen MR) is 118 cm³/mol. The second-order valence-electron chi connectivity index (χ2n) is 5.63. The van der Waals surface area contributed by atoms with Crippen LogP contribution in [-0.2, 0) is 0 Å². The van der Waals surface area contributed by atoms with Crippen LogP contribution in [0.1, 0.15) is 11.1 Å². The largest absolute Gasteiger partial charge is 0.493 e. The van der Waals surface area contributed by atoms with Crippen LogP contribution < -0.4 is 30.4 Å². The van der Waals surface area contributed by atoms with Crippen molar-refractivity contribution in [3.63, 3.8) is 0 Å². The Morgan fingerprint density at radius 2 is 1.07 bits per heavy atom. The fourth-order valence-electron chi connectivity index (χ4n) is 2.44. The molecule has 0 radical (unpaired) electrons. The Labute approximate surface area is 174 Å². The second kappa shape index (κ2) is 11.1. The van der Waals surface area contributed by atoms with Gasteiger partial charge >= 0.3 is 0 Å². The Hall–Kier alpha value is -4.08. The lowest BCUT2D eigenvalue weighted by atomic mass is 10.2. The fraction of sp³-hybridized carbons (Fsp3) is 0.200. The zero-order valence-electron chi connectivity index (χ0n) is 17.2. The first-order valence-electron chi connectivity index (χ1n) is 8.71. The van der Waals surface area contributed by atoms with Gasteiger partial charge in [0.25, 0.3) is 0 Å². The number of methoxy groups -OCH3 is 4. The van der Waals surface area contributed by atoms with Crippen molar-refractivity contribution in [1.82, 2.24) is 0 Å². The minimum atomic E-state index is -0.0946. The van der Waals surface area contributed by atoms with Gasteiger partial charge in [-0.15, -0.1) is 10.2 Å². The van der Waals surface area contributed by atoms with E-state index in [0.717, 1.165) is 0 Å². The van der Waals surface area contributed by atoms with Crippen molar-refractivity contribution in [2.24, 2.45) is 31.9 Å². The van der Waals surface area contributed by atoms with Crippen molar-refractivity contribution in [1.29, 1.82) is 0 Å². The van der Waals surface area contributed by atoms with Crippen molar-refractivity contribution in [3.05, 3.63) is 47.5 Å². The van der Waals surface area contributed by atoms with Gasteiger partial charge in [0.2, 0.25) is 0 Å². The number of ether oxygens (including phenoxy) is 4. The van der Waals surface area contributed by atoms with Gasteiger partial charge in [-0.3, -0.25) is 0 Å². The van der Waals surface area contributed by atoms with Crippen molar-refractivity contribution >= 4 is 24.1 Å². The average Bonchev–Trinajstić information content (AvgIpc) is 2.78. The van der Waals surface area contributed by atoms with E-state index >= 15 is 0 Å². The molecule has 4 N–H and O–H groups in total. The quantitative estimate of drug-likeness (QED) is 0.385. The van der Waals surface area contributed by atoms with E-state index < -0.39 is 0 Å². The zero-order chi connectivity index (χ0) is 21.9. The topological polar surface area (TPSA) is 138 Å². The normalized spacial score (nSPS) is 12.4. The molecule has 10 heteroatoms. The van der Waals surface area contributed by atoms with E-state index in [4.69, 9.17) is 30.4 Å². The molecule has 2 rings (SSSR count). The molecule has 0 aliphatic carbocycles. The molecule has 158 valence electrons. The summed E-state index contributed by atoms with van der Waals surface area (Å²) in [6.07, 6.45) is 2.93. The first-order valence-corrected chi connectivity index (χ1v) is 8.71. The molecule has 30 heavy (non-hydrogen) atoms. The molecule has 0 aromatic heterocycles. The number of hydrogen-bond donors (Lipinski definition) is 2. The summed E-state index contributed by atoms with van der Waals surface area (Å²) in [5.41, 5.74) is 12.9. The van der Waals surface area contributed by atoms with Crippen LogP contribution in [0.15, 0.2) is 56.8 Å². The molecule has 0 spiro atoms. The Morgan fingerprint density at radius 3 is 1.40 bits per heavy atom. The molecule has 0 saturated carbocycles. The molecule has 0 atom stereocenters. The highest BCUT2D eigenvalue weighted by atomic mass is 16.5. The molecular weight excluding hydrogens is 388 g/mol. The molecule has 0 amide bonds. The summed E-state index contributed by atoms with van der Waals surface area (Å²) in [7, 11) is 6.17. The smallest absolute Gasteiger partial charge is 0.190 e. The summed E-state index contributed by atoms with van der Waals surface area (Å²) in [5, 5.41) is 15.5. The van der Waals surface area contributed by atoms with E-state index in [1.165, 1.54) is 26.6 Å². The Bertz CT molecular complexity index is 906. The molecule has 0 heterocycles. The van der Waals surface area contributed by atoms with Gasteiger partial charge in [0.1, 0.15) is 0 Å². The van der Waals surface area contributed by atoms with Gasteiger partial charge in [-0.1, -0.05) is 12.1 Å². The van der Waals surface area contributed by atoms with E-state index in [2.05, 4.69) is 20.4 Å². The molecule has 0 aliphatic heterocycles. The number of nitrogens with two attached hydrogens (primary N) is 2. The third-order valence-corrected chi connectivity index (χ3v) is 3.85. The van der Waals surface area contributed by atoms with Gasteiger partial charge in [0.15, 0.2) is 34.7 Å². The van der Waals surface area contributed by atoms with Gasteiger partial charge in [-0.2, -0.15) is 10.2 Å². The third-order valence-electron chi connectivity index (χ3n) is 3.85. The minimum absolute atomic E-state index is 0.0946. The van der Waals surface area contributed by atoms with Crippen molar-refractivity contribution in [2.45, 2.75) is 0 Å². The lowest BCUT2D eigenvalue weighted by Crippen LogP contribution is -2.30. The van der Waals surface area contributed by atoms with E-state index in [1.807, 2.05) is 0 Å². The van der Waals surface area contributed by atoms with Crippen LogP contribution in [0.2, 0.25) is 0 Å². The molecule has 2 aromatic rings. The summed E-state index contributed by atoms with van der Waals surface area (Å²) >= 11 is 0. The van der Waals surface area contributed by atoms with E-state index in [-0.39, 0.29) is 11.7 Å². The van der Waals surface area contributed by atoms with Crippen LogP contribution in [0.4, 0.5) is 0 Å². The van der Waals surface area contributed by atoms with Crippen LogP contribution in [0.5, 0.6) is 23.0 Å². The molecular formula is C20H24N6O4. The van der Waals surface area contributed by atoms with Crippen molar-refractivity contribution < 1.29 is 18.9 Å². The maximum absolute atomic E-state index is 5.80. The molecule has 0 unspecified atom stereocenters. The molecule has 0 bridgehead atoms. The monoisotopic (exact) mass is 412 g/mol. The molecule has 0 fully saturated rings. The second-order valence-corrected chi connectivity index (χ2v) is 5.63. The summed E-state index contributed by atoms with van der Waals surface area (Å²) in [5.74, 6) is 2.00. The maximum Gasteiger partial charge on any atom is 0.190 e. The van der Waals surface area contributed by atoms with Gasteiger partial charge in [-0.05, 0) is 24.3 Å². The van der Waals surface area contributed by atoms with Crippen LogP contribution in [0.3, 0.4) is 0 Å². The van der Waals surface area contributed by atoms with E-state index in [0.29, 0.717) is 34.1 Å². The van der Waals surface area contributed by atoms with Crippen molar-refractivity contribution in [3.8, 4) is 23.0 Å². The number of benzene rings is 2. The third kappa shape index (κ3) is 5.47. The Kier molecular flexibility index (Phi) is 8.18. The number of para-hydroxylation sites is 2. The summed E-state index contributed by atoms with van der Waals surface area (Å²) < 4.78 is 21.1. The highest BCUT2D eigenvalue weighted by Gasteiger charge is 2.08. The summed E-state index contributed by atoms with van der Waals surface area (Å²) in [6, 6.07) is 10.7. The first kappa shape index (κ1) is 22.2. The number of amidine groups is 2. The standard InChI is InChI=1S/C20H24N6O4/c1-27-15-9-5-7-13(17(15)29-3)11-23-25-19(21)20(22)26-24-12-14-8-6-10-16(28-2)18(14)30-4/h5-12H,1-4H3,(H2,21,25)(H2,22,26). The Balaban J connectivity index is 2.15. The fourth-order valence-corrected chi connectivity index (χ4v) is 2.44. The molecule has 2 aromatic carbocycles.